The van der Waals surface area contributed by atoms with Gasteiger partial charge in [-0.05, 0) is 21.9 Å². The highest BCUT2D eigenvalue weighted by Gasteiger charge is 2.33. The summed E-state index contributed by atoms with van der Waals surface area (Å²) >= 11 is 1.37. The first kappa shape index (κ1) is 12.2. The van der Waals surface area contributed by atoms with Gasteiger partial charge in [0.05, 0.1) is 18.9 Å². The number of aromatic nitrogens is 4. The molecule has 8 heteroatoms. The summed E-state index contributed by atoms with van der Waals surface area (Å²) in [4.78, 5) is 12.8. The van der Waals surface area contributed by atoms with Crippen LogP contribution in [0.25, 0.3) is 5.69 Å². The first-order chi connectivity index (χ1) is 9.18. The number of thiophene rings is 1. The van der Waals surface area contributed by atoms with E-state index in [0.29, 0.717) is 30.3 Å². The summed E-state index contributed by atoms with van der Waals surface area (Å²) in [6.07, 6.45) is 1.47. The fraction of sp³-hybridized carbons (Fsp3) is 0.455. The molecule has 1 N–H and O–H groups in total. The van der Waals surface area contributed by atoms with Crippen molar-refractivity contribution < 1.29 is 9.53 Å². The fourth-order valence-corrected chi connectivity index (χ4v) is 2.65. The maximum absolute atomic E-state index is 12.2. The highest BCUT2D eigenvalue weighted by atomic mass is 32.1. The second-order valence-corrected chi connectivity index (χ2v) is 5.79. The van der Waals surface area contributed by atoms with E-state index in [4.69, 9.17) is 4.74 Å². The molecular weight excluding hydrogens is 266 g/mol. The molecule has 1 fully saturated rings. The lowest BCUT2D eigenvalue weighted by molar-refractivity contribution is -0.0978. The van der Waals surface area contributed by atoms with Crippen molar-refractivity contribution in [2.24, 2.45) is 5.41 Å². The Morgan fingerprint density at radius 2 is 2.47 bits per heavy atom. The zero-order valence-electron chi connectivity index (χ0n) is 10.4. The number of nitrogens with one attached hydrogen (secondary N) is 1. The van der Waals surface area contributed by atoms with Crippen molar-refractivity contribution in [3.8, 4) is 5.69 Å². The Kier molecular flexibility index (Phi) is 3.03. The van der Waals surface area contributed by atoms with Crippen LogP contribution < -0.4 is 5.32 Å². The molecule has 0 aromatic carbocycles. The number of tetrazole rings is 1. The maximum Gasteiger partial charge on any atom is 0.263 e. The van der Waals surface area contributed by atoms with E-state index in [1.807, 2.05) is 11.4 Å². The molecule has 0 saturated carbocycles. The first-order valence-electron chi connectivity index (χ1n) is 5.85. The molecule has 3 rings (SSSR count). The molecule has 100 valence electrons. The number of amides is 1. The van der Waals surface area contributed by atoms with Gasteiger partial charge in [0.1, 0.15) is 11.2 Å². The third-order valence-electron chi connectivity index (χ3n) is 3.02. The average Bonchev–Trinajstić information content (AvgIpc) is 3.02. The molecule has 1 aliphatic heterocycles. The van der Waals surface area contributed by atoms with Crippen LogP contribution in [-0.4, -0.2) is 45.9 Å². The predicted octanol–water partition coefficient (Wildman–Crippen LogP) is 0.490. The lowest BCUT2D eigenvalue weighted by Gasteiger charge is -2.37. The minimum absolute atomic E-state index is 0.0574. The van der Waals surface area contributed by atoms with Crippen molar-refractivity contribution in [3.63, 3.8) is 0 Å². The van der Waals surface area contributed by atoms with Crippen molar-refractivity contribution in [3.05, 3.63) is 22.7 Å². The minimum atomic E-state index is -0.103. The number of carbonyl (C=O) groups excluding carboxylic acids is 1. The lowest BCUT2D eigenvalue weighted by Crippen LogP contribution is -2.48. The summed E-state index contributed by atoms with van der Waals surface area (Å²) in [7, 11) is 0. The van der Waals surface area contributed by atoms with Gasteiger partial charge in [-0.2, -0.15) is 4.68 Å². The van der Waals surface area contributed by atoms with Crippen LogP contribution in [-0.2, 0) is 4.74 Å². The Labute approximate surface area is 113 Å². The van der Waals surface area contributed by atoms with Gasteiger partial charge in [0.2, 0.25) is 0 Å². The molecule has 1 aliphatic rings. The molecular formula is C11H13N5O2S. The summed E-state index contributed by atoms with van der Waals surface area (Å²) < 4.78 is 6.65. The molecule has 1 amide bonds. The average molecular weight is 279 g/mol. The van der Waals surface area contributed by atoms with E-state index in [9.17, 15) is 4.79 Å². The SMILES string of the molecule is CC1(CNC(=O)c2sccc2-n2cnnn2)COC1. The van der Waals surface area contributed by atoms with Crippen LogP contribution in [0.3, 0.4) is 0 Å². The lowest BCUT2D eigenvalue weighted by atomic mass is 9.89. The molecule has 0 unspecified atom stereocenters. The van der Waals surface area contributed by atoms with Crippen LogP contribution in [0.2, 0.25) is 0 Å². The monoisotopic (exact) mass is 279 g/mol. The van der Waals surface area contributed by atoms with Gasteiger partial charge >= 0.3 is 0 Å². The quantitative estimate of drug-likeness (QED) is 0.880. The molecule has 19 heavy (non-hydrogen) atoms. The molecule has 2 aromatic heterocycles. The van der Waals surface area contributed by atoms with E-state index >= 15 is 0 Å². The first-order valence-corrected chi connectivity index (χ1v) is 6.73. The third-order valence-corrected chi connectivity index (χ3v) is 3.93. The number of hydrogen-bond donors (Lipinski definition) is 1. The van der Waals surface area contributed by atoms with Crippen LogP contribution in [0, 0.1) is 5.41 Å². The summed E-state index contributed by atoms with van der Waals surface area (Å²) in [5.74, 6) is -0.103. The smallest absolute Gasteiger partial charge is 0.263 e. The van der Waals surface area contributed by atoms with E-state index in [1.165, 1.54) is 22.3 Å². The van der Waals surface area contributed by atoms with Gasteiger partial charge in [0.25, 0.3) is 5.91 Å². The molecule has 7 nitrogen and oxygen atoms in total. The topological polar surface area (TPSA) is 81.9 Å². The van der Waals surface area contributed by atoms with E-state index in [1.54, 1.807) is 0 Å². The Balaban J connectivity index is 1.72. The van der Waals surface area contributed by atoms with Crippen LogP contribution in [0.1, 0.15) is 16.6 Å². The van der Waals surface area contributed by atoms with Crippen molar-refractivity contribution in [1.82, 2.24) is 25.5 Å². The summed E-state index contributed by atoms with van der Waals surface area (Å²) in [5, 5.41) is 15.7. The number of carbonyl (C=O) groups is 1. The van der Waals surface area contributed by atoms with Gasteiger partial charge in [-0.3, -0.25) is 4.79 Å². The van der Waals surface area contributed by atoms with E-state index < -0.39 is 0 Å². The number of hydrogen-bond acceptors (Lipinski definition) is 6. The van der Waals surface area contributed by atoms with Crippen molar-refractivity contribution in [2.75, 3.05) is 19.8 Å². The van der Waals surface area contributed by atoms with Crippen LogP contribution >= 0.6 is 11.3 Å². The Morgan fingerprint density at radius 1 is 1.63 bits per heavy atom. The van der Waals surface area contributed by atoms with E-state index in [2.05, 4.69) is 27.8 Å². The van der Waals surface area contributed by atoms with Crippen molar-refractivity contribution >= 4 is 17.2 Å². The molecule has 0 bridgehead atoms. The third kappa shape index (κ3) is 2.36. The molecule has 3 heterocycles. The number of rotatable bonds is 4. The molecule has 0 radical (unpaired) electrons. The Morgan fingerprint density at radius 3 is 3.11 bits per heavy atom. The van der Waals surface area contributed by atoms with Gasteiger partial charge in [0, 0.05) is 12.0 Å². The van der Waals surface area contributed by atoms with Crippen molar-refractivity contribution in [2.45, 2.75) is 6.92 Å². The molecule has 0 atom stereocenters. The van der Waals surface area contributed by atoms with Gasteiger partial charge in [-0.1, -0.05) is 6.92 Å². The van der Waals surface area contributed by atoms with Gasteiger partial charge in [-0.15, -0.1) is 16.4 Å². The number of ether oxygens (including phenoxy) is 1. The predicted molar refractivity (Wildman–Crippen MR) is 68.3 cm³/mol. The molecule has 0 spiro atoms. The summed E-state index contributed by atoms with van der Waals surface area (Å²) in [6.45, 7) is 4.08. The standard InChI is InChI=1S/C11H13N5O2S/c1-11(5-18-6-11)4-12-10(17)9-8(2-3-19-9)16-7-13-14-15-16/h2-3,7H,4-6H2,1H3,(H,12,17). The van der Waals surface area contributed by atoms with Gasteiger partial charge in [-0.25, -0.2) is 0 Å². The normalized spacial score (nSPS) is 16.9. The molecule has 1 saturated heterocycles. The van der Waals surface area contributed by atoms with Crippen LogP contribution in [0.4, 0.5) is 0 Å². The van der Waals surface area contributed by atoms with Crippen LogP contribution in [0.5, 0.6) is 0 Å². The zero-order chi connectivity index (χ0) is 13.3. The second-order valence-electron chi connectivity index (χ2n) is 4.88. The summed E-state index contributed by atoms with van der Waals surface area (Å²) in [6, 6.07) is 1.82. The fourth-order valence-electron chi connectivity index (χ4n) is 1.85. The minimum Gasteiger partial charge on any atom is -0.380 e. The van der Waals surface area contributed by atoms with Crippen LogP contribution in [0.15, 0.2) is 17.8 Å². The van der Waals surface area contributed by atoms with E-state index in [-0.39, 0.29) is 11.3 Å². The zero-order valence-corrected chi connectivity index (χ0v) is 11.2. The summed E-state index contributed by atoms with van der Waals surface area (Å²) in [5.41, 5.74) is 0.754. The van der Waals surface area contributed by atoms with Crippen molar-refractivity contribution in [1.29, 1.82) is 0 Å². The molecule has 2 aromatic rings. The highest BCUT2D eigenvalue weighted by molar-refractivity contribution is 7.12. The number of nitrogens with zero attached hydrogens (tertiary/aromatic N) is 4. The van der Waals surface area contributed by atoms with Gasteiger partial charge < -0.3 is 10.1 Å². The highest BCUT2D eigenvalue weighted by Crippen LogP contribution is 2.26. The Hall–Kier alpha value is -1.80. The molecule has 0 aliphatic carbocycles. The Bertz CT molecular complexity index is 576. The van der Waals surface area contributed by atoms with E-state index in [0.717, 1.165) is 0 Å². The van der Waals surface area contributed by atoms with Gasteiger partial charge in [0.15, 0.2) is 0 Å². The largest absolute Gasteiger partial charge is 0.380 e. The second kappa shape index (κ2) is 4.71. The maximum atomic E-state index is 12.2.